The number of hydrogen-bond donors (Lipinski definition) is 1. The summed E-state index contributed by atoms with van der Waals surface area (Å²) in [7, 11) is 0. The average Bonchev–Trinajstić information content (AvgIpc) is 3.67. The molecule has 7 nitrogen and oxygen atoms in total. The molecule has 1 aliphatic heterocycles. The second kappa shape index (κ2) is 8.18. The lowest BCUT2D eigenvalue weighted by Gasteiger charge is -2.43. The van der Waals surface area contributed by atoms with E-state index in [4.69, 9.17) is 16.6 Å². The number of halogens is 1. The van der Waals surface area contributed by atoms with Crippen molar-refractivity contribution in [1.82, 2.24) is 14.9 Å². The molecule has 1 saturated heterocycles. The molecule has 6 rings (SSSR count). The molecule has 3 heterocycles. The van der Waals surface area contributed by atoms with Crippen LogP contribution >= 0.6 is 11.6 Å². The number of nitriles is 1. The molecule has 3 aliphatic carbocycles. The summed E-state index contributed by atoms with van der Waals surface area (Å²) in [4.78, 5) is 26.4. The third-order valence-electron chi connectivity index (χ3n) is 7.22. The van der Waals surface area contributed by atoms with Gasteiger partial charge in [-0.25, -0.2) is 9.97 Å². The fourth-order valence-electron chi connectivity index (χ4n) is 4.97. The Kier molecular flexibility index (Phi) is 5.14. The molecule has 3 saturated carbocycles. The number of pyridine rings is 2. The third kappa shape index (κ3) is 4.24. The monoisotopic (exact) mass is 462 g/mol. The Balaban J connectivity index is 1.30. The van der Waals surface area contributed by atoms with E-state index in [1.165, 1.54) is 12.8 Å². The van der Waals surface area contributed by atoms with Crippen molar-refractivity contribution in [2.24, 2.45) is 11.8 Å². The van der Waals surface area contributed by atoms with Crippen molar-refractivity contribution in [2.45, 2.75) is 50.5 Å². The summed E-state index contributed by atoms with van der Waals surface area (Å²) in [6, 6.07) is 8.17. The van der Waals surface area contributed by atoms with Crippen LogP contribution in [0.5, 0.6) is 0 Å². The Bertz CT molecular complexity index is 1130. The van der Waals surface area contributed by atoms with E-state index in [9.17, 15) is 10.1 Å². The number of piperazine rings is 1. The fraction of sp³-hybridized carbons (Fsp3) is 0.520. The second-order valence-electron chi connectivity index (χ2n) is 9.83. The molecule has 2 aromatic rings. The highest BCUT2D eigenvalue weighted by Gasteiger charge is 2.45. The van der Waals surface area contributed by atoms with Gasteiger partial charge in [-0.2, -0.15) is 5.26 Å². The van der Waals surface area contributed by atoms with Crippen molar-refractivity contribution >= 4 is 34.7 Å². The Hall–Kier alpha value is -2.85. The Morgan fingerprint density at radius 3 is 2.64 bits per heavy atom. The molecule has 170 valence electrons. The van der Waals surface area contributed by atoms with Gasteiger partial charge in [-0.1, -0.05) is 11.6 Å². The molecule has 0 aromatic carbocycles. The van der Waals surface area contributed by atoms with Crippen LogP contribution in [0.4, 0.5) is 17.2 Å². The molecule has 1 atom stereocenters. The van der Waals surface area contributed by atoms with Gasteiger partial charge in [0.25, 0.3) is 0 Å². The summed E-state index contributed by atoms with van der Waals surface area (Å²) in [5, 5.41) is 13.8. The standard InChI is InChI=1S/C25H27ClN6O/c26-22-12-19(7-8-28-22)29-20-11-18(13-27)24(30-23(20)16-3-4-16)31-9-10-32(25(33)17-5-6-17)21(14-31)15-1-2-15/h7-8,11-12,15-17,21H,1-6,9-10,14H2,(H,28,29)/t21-/m0/s1. The first-order chi connectivity index (χ1) is 16.1. The van der Waals surface area contributed by atoms with E-state index in [1.807, 2.05) is 12.1 Å². The van der Waals surface area contributed by atoms with Crippen LogP contribution in [0.1, 0.15) is 55.7 Å². The van der Waals surface area contributed by atoms with E-state index >= 15 is 0 Å². The minimum Gasteiger partial charge on any atom is -0.354 e. The van der Waals surface area contributed by atoms with Crippen molar-refractivity contribution in [3.63, 3.8) is 0 Å². The maximum atomic E-state index is 12.9. The van der Waals surface area contributed by atoms with Crippen LogP contribution in [-0.2, 0) is 4.79 Å². The van der Waals surface area contributed by atoms with Gasteiger partial charge in [-0.3, -0.25) is 4.79 Å². The smallest absolute Gasteiger partial charge is 0.226 e. The van der Waals surface area contributed by atoms with Gasteiger partial charge in [-0.15, -0.1) is 0 Å². The molecule has 0 spiro atoms. The number of carbonyl (C=O) groups is 1. The first kappa shape index (κ1) is 20.7. The number of anilines is 3. The largest absolute Gasteiger partial charge is 0.354 e. The Labute approximate surface area is 198 Å². The van der Waals surface area contributed by atoms with Gasteiger partial charge in [0, 0.05) is 43.4 Å². The predicted molar refractivity (Wildman–Crippen MR) is 127 cm³/mol. The van der Waals surface area contributed by atoms with Gasteiger partial charge in [-0.05, 0) is 62.6 Å². The average molecular weight is 463 g/mol. The van der Waals surface area contributed by atoms with Crippen molar-refractivity contribution < 1.29 is 4.79 Å². The molecular formula is C25H27ClN6O. The molecule has 1 amide bonds. The molecule has 4 aliphatic rings. The van der Waals surface area contributed by atoms with Crippen molar-refractivity contribution in [3.05, 3.63) is 40.8 Å². The highest BCUT2D eigenvalue weighted by Crippen LogP contribution is 2.45. The van der Waals surface area contributed by atoms with E-state index in [-0.39, 0.29) is 12.0 Å². The van der Waals surface area contributed by atoms with E-state index in [0.29, 0.717) is 28.5 Å². The third-order valence-corrected chi connectivity index (χ3v) is 7.42. The van der Waals surface area contributed by atoms with Gasteiger partial charge >= 0.3 is 0 Å². The normalized spacial score (nSPS) is 22.7. The molecule has 2 aromatic heterocycles. The lowest BCUT2D eigenvalue weighted by molar-refractivity contribution is -0.135. The zero-order valence-corrected chi connectivity index (χ0v) is 19.3. The van der Waals surface area contributed by atoms with E-state index in [1.54, 1.807) is 12.3 Å². The van der Waals surface area contributed by atoms with Crippen LogP contribution in [0, 0.1) is 23.2 Å². The maximum absolute atomic E-state index is 12.9. The summed E-state index contributed by atoms with van der Waals surface area (Å²) >= 11 is 6.06. The molecule has 0 unspecified atom stereocenters. The Morgan fingerprint density at radius 1 is 1.15 bits per heavy atom. The lowest BCUT2D eigenvalue weighted by atomic mass is 10.0. The van der Waals surface area contributed by atoms with Crippen LogP contribution < -0.4 is 10.2 Å². The fourth-order valence-corrected chi connectivity index (χ4v) is 5.14. The lowest BCUT2D eigenvalue weighted by Crippen LogP contribution is -2.57. The molecule has 0 bridgehead atoms. The summed E-state index contributed by atoms with van der Waals surface area (Å²) in [6.07, 6.45) is 8.34. The SMILES string of the molecule is N#Cc1cc(Nc2ccnc(Cl)c2)c(C2CC2)nc1N1CCN(C(=O)C2CC2)[C@H](C2CC2)C1. The Morgan fingerprint density at radius 2 is 1.97 bits per heavy atom. The molecule has 33 heavy (non-hydrogen) atoms. The number of amides is 1. The number of hydrogen-bond acceptors (Lipinski definition) is 6. The van der Waals surface area contributed by atoms with Crippen LogP contribution in [-0.4, -0.2) is 46.5 Å². The van der Waals surface area contributed by atoms with Crippen LogP contribution in [0.15, 0.2) is 24.4 Å². The second-order valence-corrected chi connectivity index (χ2v) is 10.2. The first-order valence-electron chi connectivity index (χ1n) is 12.0. The van der Waals surface area contributed by atoms with Gasteiger partial charge in [0.15, 0.2) is 0 Å². The first-order valence-corrected chi connectivity index (χ1v) is 12.4. The molecule has 8 heteroatoms. The van der Waals surface area contributed by atoms with Crippen LogP contribution in [0.2, 0.25) is 5.15 Å². The van der Waals surface area contributed by atoms with Gasteiger partial charge < -0.3 is 15.1 Å². The summed E-state index contributed by atoms with van der Waals surface area (Å²) in [5.74, 6) is 2.35. The highest BCUT2D eigenvalue weighted by molar-refractivity contribution is 6.29. The number of nitrogens with one attached hydrogen (secondary N) is 1. The highest BCUT2D eigenvalue weighted by atomic mass is 35.5. The predicted octanol–water partition coefficient (Wildman–Crippen LogP) is 4.46. The minimum atomic E-state index is 0.237. The quantitative estimate of drug-likeness (QED) is 0.638. The minimum absolute atomic E-state index is 0.237. The summed E-state index contributed by atoms with van der Waals surface area (Å²) in [5.41, 5.74) is 3.27. The zero-order chi connectivity index (χ0) is 22.5. The van der Waals surface area contributed by atoms with Gasteiger partial charge in [0.2, 0.25) is 5.91 Å². The maximum Gasteiger partial charge on any atom is 0.226 e. The number of nitrogens with zero attached hydrogens (tertiary/aromatic N) is 5. The molecular weight excluding hydrogens is 436 g/mol. The summed E-state index contributed by atoms with van der Waals surface area (Å²) in [6.45, 7) is 2.21. The van der Waals surface area contributed by atoms with Crippen LogP contribution in [0.25, 0.3) is 0 Å². The van der Waals surface area contributed by atoms with E-state index < -0.39 is 0 Å². The molecule has 4 fully saturated rings. The van der Waals surface area contributed by atoms with Crippen LogP contribution in [0.3, 0.4) is 0 Å². The van der Waals surface area contributed by atoms with Gasteiger partial charge in [0.05, 0.1) is 23.0 Å². The van der Waals surface area contributed by atoms with Crippen molar-refractivity contribution in [2.75, 3.05) is 29.9 Å². The van der Waals surface area contributed by atoms with Crippen molar-refractivity contribution in [3.8, 4) is 6.07 Å². The topological polar surface area (TPSA) is 85.2 Å². The number of carbonyl (C=O) groups excluding carboxylic acids is 1. The van der Waals surface area contributed by atoms with E-state index in [0.717, 1.165) is 68.2 Å². The van der Waals surface area contributed by atoms with Gasteiger partial charge in [0.1, 0.15) is 17.0 Å². The molecule has 1 N–H and O–H groups in total. The number of rotatable bonds is 6. The zero-order valence-electron chi connectivity index (χ0n) is 18.5. The number of aromatic nitrogens is 2. The summed E-state index contributed by atoms with van der Waals surface area (Å²) < 4.78 is 0. The van der Waals surface area contributed by atoms with Crippen molar-refractivity contribution in [1.29, 1.82) is 5.26 Å². The molecule has 0 radical (unpaired) electrons. The van der Waals surface area contributed by atoms with E-state index in [2.05, 4.69) is 26.2 Å².